The molecule has 0 saturated carbocycles. The lowest BCUT2D eigenvalue weighted by molar-refractivity contribution is -0.120. The van der Waals surface area contributed by atoms with Gasteiger partial charge in [-0.3, -0.25) is 9.59 Å². The second kappa shape index (κ2) is 6.29. The highest BCUT2D eigenvalue weighted by atomic mass is 32.1. The van der Waals surface area contributed by atoms with Crippen molar-refractivity contribution in [1.82, 2.24) is 20.8 Å². The average Bonchev–Trinajstić information content (AvgIpc) is 2.80. The van der Waals surface area contributed by atoms with E-state index in [0.29, 0.717) is 27.3 Å². The molecule has 106 valence electrons. The monoisotopic (exact) mass is 293 g/mol. The Morgan fingerprint density at radius 3 is 2.90 bits per heavy atom. The number of nitrogens with one attached hydrogen (secondary N) is 2. The normalized spacial score (nSPS) is 10.4. The van der Waals surface area contributed by atoms with Crippen LogP contribution in [0, 0.1) is 0 Å². The van der Waals surface area contributed by atoms with Crippen molar-refractivity contribution in [2.24, 2.45) is 0 Å². The lowest BCUT2D eigenvalue weighted by Crippen LogP contribution is -2.37. The van der Waals surface area contributed by atoms with Crippen molar-refractivity contribution in [3.8, 4) is 0 Å². The number of anilines is 1. The molecule has 2 rings (SSSR count). The molecule has 4 N–H and O–H groups in total. The number of amides is 2. The fraction of sp³-hybridized carbons (Fsp3) is 0.333. The number of fused-ring (bicyclic) bond motifs is 1. The van der Waals surface area contributed by atoms with Gasteiger partial charge in [0.2, 0.25) is 5.91 Å². The van der Waals surface area contributed by atoms with Crippen LogP contribution in [0.3, 0.4) is 0 Å². The number of carbonyl (C=O) groups excluding carboxylic acids is 2. The van der Waals surface area contributed by atoms with Crippen LogP contribution in [0.2, 0.25) is 0 Å². The van der Waals surface area contributed by atoms with Gasteiger partial charge in [0, 0.05) is 11.9 Å². The van der Waals surface area contributed by atoms with Gasteiger partial charge in [-0.05, 0) is 12.5 Å². The number of thiophene rings is 1. The Bertz CT molecular complexity index is 640. The molecule has 0 aromatic carbocycles. The fourth-order valence-corrected chi connectivity index (χ4v) is 2.56. The van der Waals surface area contributed by atoms with E-state index in [4.69, 9.17) is 5.73 Å². The summed E-state index contributed by atoms with van der Waals surface area (Å²) < 4.78 is 0. The van der Waals surface area contributed by atoms with Crippen molar-refractivity contribution >= 4 is 39.1 Å². The van der Waals surface area contributed by atoms with Crippen LogP contribution in [0.1, 0.15) is 23.0 Å². The van der Waals surface area contributed by atoms with Gasteiger partial charge in [0.25, 0.3) is 5.91 Å². The lowest BCUT2D eigenvalue weighted by atomic mass is 10.3. The zero-order valence-electron chi connectivity index (χ0n) is 11.0. The van der Waals surface area contributed by atoms with Gasteiger partial charge in [0.05, 0.1) is 18.4 Å². The molecule has 0 aliphatic heterocycles. The van der Waals surface area contributed by atoms with Crippen molar-refractivity contribution in [3.05, 3.63) is 17.1 Å². The zero-order valence-corrected chi connectivity index (χ0v) is 11.8. The Morgan fingerprint density at radius 2 is 2.20 bits per heavy atom. The van der Waals surface area contributed by atoms with Crippen LogP contribution < -0.4 is 16.4 Å². The number of hydrogen-bond donors (Lipinski definition) is 3. The third-order valence-corrected chi connectivity index (χ3v) is 3.71. The number of nitrogens with two attached hydrogens (primary N) is 1. The lowest BCUT2D eigenvalue weighted by Gasteiger charge is -2.05. The van der Waals surface area contributed by atoms with Crippen molar-refractivity contribution in [3.63, 3.8) is 0 Å². The van der Waals surface area contributed by atoms with Crippen molar-refractivity contribution in [2.45, 2.75) is 13.3 Å². The summed E-state index contributed by atoms with van der Waals surface area (Å²) in [7, 11) is 0. The molecule has 2 heterocycles. The van der Waals surface area contributed by atoms with Gasteiger partial charge >= 0.3 is 0 Å². The second-order valence-corrected chi connectivity index (χ2v) is 5.13. The summed E-state index contributed by atoms with van der Waals surface area (Å²) in [5.74, 6) is -0.600. The molecule has 0 fully saturated rings. The van der Waals surface area contributed by atoms with E-state index in [2.05, 4.69) is 20.8 Å². The van der Waals surface area contributed by atoms with Crippen LogP contribution >= 0.6 is 11.3 Å². The molecule has 0 radical (unpaired) electrons. The second-order valence-electron chi connectivity index (χ2n) is 4.13. The van der Waals surface area contributed by atoms with Crippen LogP contribution in [0.5, 0.6) is 0 Å². The summed E-state index contributed by atoms with van der Waals surface area (Å²) in [4.78, 5) is 24.4. The van der Waals surface area contributed by atoms with Gasteiger partial charge in [-0.25, -0.2) is 0 Å². The Balaban J connectivity index is 2.04. The predicted molar refractivity (Wildman–Crippen MR) is 77.5 cm³/mol. The van der Waals surface area contributed by atoms with E-state index in [9.17, 15) is 9.59 Å². The summed E-state index contributed by atoms with van der Waals surface area (Å²) in [6.07, 6.45) is 2.37. The molecule has 2 aromatic heterocycles. The van der Waals surface area contributed by atoms with Crippen LogP contribution in [0.25, 0.3) is 10.2 Å². The largest absolute Gasteiger partial charge is 0.397 e. The predicted octanol–water partition coefficient (Wildman–Crippen LogP) is 0.529. The Kier molecular flexibility index (Phi) is 4.46. The molecular formula is C12H15N5O2S. The quantitative estimate of drug-likeness (QED) is 0.745. The molecule has 0 aliphatic carbocycles. The van der Waals surface area contributed by atoms with Gasteiger partial charge in [0.15, 0.2) is 0 Å². The molecule has 0 unspecified atom stereocenters. The van der Waals surface area contributed by atoms with E-state index in [0.717, 1.165) is 17.8 Å². The summed E-state index contributed by atoms with van der Waals surface area (Å²) in [5, 5.41) is 13.6. The molecule has 0 aliphatic rings. The molecular weight excluding hydrogens is 278 g/mol. The highest BCUT2D eigenvalue weighted by Gasteiger charge is 2.17. The average molecular weight is 293 g/mol. The highest BCUT2D eigenvalue weighted by molar-refractivity contribution is 7.21. The molecule has 0 saturated heterocycles. The molecule has 0 spiro atoms. The third-order valence-electron chi connectivity index (χ3n) is 2.61. The van der Waals surface area contributed by atoms with Crippen LogP contribution in [0.4, 0.5) is 5.69 Å². The number of rotatable bonds is 5. The first-order chi connectivity index (χ1) is 9.63. The van der Waals surface area contributed by atoms with Gasteiger partial charge < -0.3 is 16.4 Å². The minimum absolute atomic E-state index is 0.0712. The van der Waals surface area contributed by atoms with E-state index >= 15 is 0 Å². The molecule has 8 heteroatoms. The number of hydrogen-bond acceptors (Lipinski definition) is 6. The van der Waals surface area contributed by atoms with Gasteiger partial charge in [-0.15, -0.1) is 16.4 Å². The molecule has 20 heavy (non-hydrogen) atoms. The van der Waals surface area contributed by atoms with Crippen molar-refractivity contribution in [2.75, 3.05) is 18.8 Å². The standard InChI is InChI=1S/C12H15N5O2S/c1-2-4-14-8(18)6-15-11(19)10-9(13)7-3-5-16-17-12(7)20-10/h3,5H,2,4,6,13H2,1H3,(H,14,18)(H,15,19). The van der Waals surface area contributed by atoms with E-state index in [-0.39, 0.29) is 18.4 Å². The van der Waals surface area contributed by atoms with Crippen molar-refractivity contribution in [1.29, 1.82) is 0 Å². The highest BCUT2D eigenvalue weighted by Crippen LogP contribution is 2.31. The third kappa shape index (κ3) is 3.02. The van der Waals surface area contributed by atoms with Gasteiger partial charge in [-0.1, -0.05) is 6.92 Å². The van der Waals surface area contributed by atoms with E-state index in [1.165, 1.54) is 6.20 Å². The van der Waals surface area contributed by atoms with E-state index in [1.54, 1.807) is 6.07 Å². The summed E-state index contributed by atoms with van der Waals surface area (Å²) in [6.45, 7) is 2.48. The maximum Gasteiger partial charge on any atom is 0.264 e. The molecule has 7 nitrogen and oxygen atoms in total. The molecule has 2 amide bonds. The summed E-state index contributed by atoms with van der Waals surface area (Å²) in [6, 6.07) is 1.71. The number of carbonyl (C=O) groups is 2. The smallest absolute Gasteiger partial charge is 0.264 e. The first-order valence-corrected chi connectivity index (χ1v) is 6.99. The fourth-order valence-electron chi connectivity index (χ4n) is 1.61. The number of aromatic nitrogens is 2. The van der Waals surface area contributed by atoms with Crippen LogP contribution in [0.15, 0.2) is 12.3 Å². The molecule has 0 atom stereocenters. The first-order valence-electron chi connectivity index (χ1n) is 6.18. The summed E-state index contributed by atoms with van der Waals surface area (Å²) >= 11 is 1.16. The first kappa shape index (κ1) is 14.2. The van der Waals surface area contributed by atoms with Crippen LogP contribution in [-0.4, -0.2) is 35.1 Å². The van der Waals surface area contributed by atoms with Gasteiger partial charge in [-0.2, -0.15) is 5.10 Å². The topological polar surface area (TPSA) is 110 Å². The van der Waals surface area contributed by atoms with E-state index < -0.39 is 0 Å². The Morgan fingerprint density at radius 1 is 1.40 bits per heavy atom. The number of nitrogen functional groups attached to an aromatic ring is 1. The summed E-state index contributed by atoms with van der Waals surface area (Å²) in [5.41, 5.74) is 6.27. The number of nitrogens with zero attached hydrogens (tertiary/aromatic N) is 2. The minimum atomic E-state index is -0.378. The molecule has 2 aromatic rings. The zero-order chi connectivity index (χ0) is 14.5. The minimum Gasteiger partial charge on any atom is -0.397 e. The van der Waals surface area contributed by atoms with Crippen LogP contribution in [-0.2, 0) is 4.79 Å². The SMILES string of the molecule is CCCNC(=O)CNC(=O)c1sc2nnccc2c1N. The Hall–Kier alpha value is -2.22. The van der Waals surface area contributed by atoms with Gasteiger partial charge in [0.1, 0.15) is 9.71 Å². The van der Waals surface area contributed by atoms with E-state index in [1.807, 2.05) is 6.92 Å². The van der Waals surface area contributed by atoms with Crippen molar-refractivity contribution < 1.29 is 9.59 Å². The maximum atomic E-state index is 12.0. The molecule has 0 bridgehead atoms. The maximum absolute atomic E-state index is 12.0. The Labute approximate surface area is 119 Å².